The van der Waals surface area contributed by atoms with E-state index in [0.29, 0.717) is 27.8 Å². The minimum absolute atomic E-state index is 0.178. The third-order valence-corrected chi connectivity index (χ3v) is 4.27. The van der Waals surface area contributed by atoms with Crippen LogP contribution in [0.5, 0.6) is 11.5 Å². The van der Waals surface area contributed by atoms with E-state index in [1.165, 1.54) is 7.11 Å². The minimum Gasteiger partial charge on any atom is -0.493 e. The largest absolute Gasteiger partial charge is 0.493 e. The Hall–Kier alpha value is -2.34. The molecule has 0 saturated carbocycles. The van der Waals surface area contributed by atoms with E-state index in [1.54, 1.807) is 12.1 Å². The number of benzene rings is 2. The van der Waals surface area contributed by atoms with Crippen LogP contribution in [0.2, 0.25) is 0 Å². The molecule has 0 aliphatic rings. The Kier molecular flexibility index (Phi) is 6.20. The fourth-order valence-corrected chi connectivity index (χ4v) is 3.21. The SMILES string of the molecule is COc1cc(C=O)cc(Br)c1OCC(=O)Nc1c(C)cc(C)cc1C. The highest BCUT2D eigenvalue weighted by molar-refractivity contribution is 9.10. The Balaban J connectivity index is 2.12. The van der Waals surface area contributed by atoms with Gasteiger partial charge in [0.2, 0.25) is 0 Å². The first-order valence-corrected chi connectivity index (χ1v) is 8.48. The van der Waals surface area contributed by atoms with E-state index in [1.807, 2.05) is 32.9 Å². The molecule has 0 radical (unpaired) electrons. The highest BCUT2D eigenvalue weighted by atomic mass is 79.9. The fourth-order valence-electron chi connectivity index (χ4n) is 2.64. The van der Waals surface area contributed by atoms with E-state index in [9.17, 15) is 9.59 Å². The van der Waals surface area contributed by atoms with Crippen molar-refractivity contribution in [3.8, 4) is 11.5 Å². The van der Waals surface area contributed by atoms with E-state index < -0.39 is 0 Å². The summed E-state index contributed by atoms with van der Waals surface area (Å²) in [5.41, 5.74) is 4.39. The fraction of sp³-hybridized carbons (Fsp3) is 0.263. The van der Waals surface area contributed by atoms with Gasteiger partial charge in [-0.1, -0.05) is 17.7 Å². The van der Waals surface area contributed by atoms with Gasteiger partial charge in [-0.15, -0.1) is 0 Å². The van der Waals surface area contributed by atoms with E-state index in [4.69, 9.17) is 9.47 Å². The number of nitrogens with one attached hydrogen (secondary N) is 1. The van der Waals surface area contributed by atoms with Crippen LogP contribution < -0.4 is 14.8 Å². The van der Waals surface area contributed by atoms with Gasteiger partial charge >= 0.3 is 0 Å². The maximum absolute atomic E-state index is 12.3. The van der Waals surface area contributed by atoms with Crippen molar-refractivity contribution in [2.24, 2.45) is 0 Å². The summed E-state index contributed by atoms with van der Waals surface area (Å²) >= 11 is 3.33. The molecule has 2 rings (SSSR count). The molecule has 0 aromatic heterocycles. The lowest BCUT2D eigenvalue weighted by Gasteiger charge is -2.15. The predicted molar refractivity (Wildman–Crippen MR) is 101 cm³/mol. The molecule has 5 nitrogen and oxygen atoms in total. The van der Waals surface area contributed by atoms with Gasteiger partial charge in [-0.2, -0.15) is 0 Å². The second-order valence-electron chi connectivity index (χ2n) is 5.76. The van der Waals surface area contributed by atoms with Crippen molar-refractivity contribution in [2.75, 3.05) is 19.0 Å². The second kappa shape index (κ2) is 8.16. The number of halogens is 1. The smallest absolute Gasteiger partial charge is 0.262 e. The number of rotatable bonds is 6. The van der Waals surface area contributed by atoms with Crippen LogP contribution in [0, 0.1) is 20.8 Å². The van der Waals surface area contributed by atoms with Gasteiger partial charge in [-0.3, -0.25) is 9.59 Å². The summed E-state index contributed by atoms with van der Waals surface area (Å²) in [6, 6.07) is 7.19. The number of amides is 1. The predicted octanol–water partition coefficient (Wildman–Crippen LogP) is 4.21. The van der Waals surface area contributed by atoms with Crippen LogP contribution in [0.3, 0.4) is 0 Å². The van der Waals surface area contributed by atoms with E-state index in [0.717, 1.165) is 22.4 Å². The van der Waals surface area contributed by atoms with Gasteiger partial charge < -0.3 is 14.8 Å². The Morgan fingerprint density at radius 3 is 2.36 bits per heavy atom. The number of aryl methyl sites for hydroxylation is 3. The van der Waals surface area contributed by atoms with Crippen LogP contribution in [0.1, 0.15) is 27.0 Å². The third kappa shape index (κ3) is 4.60. The monoisotopic (exact) mass is 405 g/mol. The summed E-state index contributed by atoms with van der Waals surface area (Å²) in [5, 5.41) is 2.88. The minimum atomic E-state index is -0.275. The molecule has 0 bridgehead atoms. The molecular formula is C19H20BrNO4. The van der Waals surface area contributed by atoms with Crippen LogP contribution >= 0.6 is 15.9 Å². The lowest BCUT2D eigenvalue weighted by Crippen LogP contribution is -2.21. The van der Waals surface area contributed by atoms with Crippen molar-refractivity contribution in [3.05, 3.63) is 51.0 Å². The van der Waals surface area contributed by atoms with Gasteiger partial charge in [-0.05, 0) is 60.0 Å². The summed E-state index contributed by atoms with van der Waals surface area (Å²) in [5.74, 6) is 0.482. The van der Waals surface area contributed by atoms with Crippen molar-refractivity contribution in [2.45, 2.75) is 20.8 Å². The molecule has 6 heteroatoms. The van der Waals surface area contributed by atoms with E-state index >= 15 is 0 Å². The Labute approximate surface area is 155 Å². The molecule has 0 atom stereocenters. The highest BCUT2D eigenvalue weighted by Gasteiger charge is 2.14. The molecule has 0 aliphatic heterocycles. The summed E-state index contributed by atoms with van der Waals surface area (Å²) in [7, 11) is 1.47. The molecule has 132 valence electrons. The van der Waals surface area contributed by atoms with Gasteiger partial charge in [0.15, 0.2) is 18.1 Å². The zero-order chi connectivity index (χ0) is 18.6. The quantitative estimate of drug-likeness (QED) is 0.730. The molecule has 0 unspecified atom stereocenters. The summed E-state index contributed by atoms with van der Waals surface area (Å²) in [4.78, 5) is 23.2. The van der Waals surface area contributed by atoms with Crippen LogP contribution in [0.25, 0.3) is 0 Å². The topological polar surface area (TPSA) is 64.6 Å². The van der Waals surface area contributed by atoms with E-state index in [2.05, 4.69) is 21.2 Å². The van der Waals surface area contributed by atoms with Gasteiger partial charge in [0.25, 0.3) is 5.91 Å². The van der Waals surface area contributed by atoms with Gasteiger partial charge in [0.1, 0.15) is 6.29 Å². The van der Waals surface area contributed by atoms with Gasteiger partial charge in [0.05, 0.1) is 11.6 Å². The number of anilines is 1. The number of aldehydes is 1. The molecule has 2 aromatic carbocycles. The lowest BCUT2D eigenvalue weighted by atomic mass is 10.1. The number of methoxy groups -OCH3 is 1. The molecule has 2 aromatic rings. The lowest BCUT2D eigenvalue weighted by molar-refractivity contribution is -0.118. The van der Waals surface area contributed by atoms with Crippen LogP contribution in [0.4, 0.5) is 5.69 Å². The summed E-state index contributed by atoms with van der Waals surface area (Å²) < 4.78 is 11.4. The molecule has 1 N–H and O–H groups in total. The van der Waals surface area contributed by atoms with Crippen LogP contribution in [-0.2, 0) is 4.79 Å². The maximum atomic E-state index is 12.3. The van der Waals surface area contributed by atoms with Crippen LogP contribution in [-0.4, -0.2) is 25.9 Å². The van der Waals surface area contributed by atoms with E-state index in [-0.39, 0.29) is 12.5 Å². The maximum Gasteiger partial charge on any atom is 0.262 e. The second-order valence-corrected chi connectivity index (χ2v) is 6.62. The number of carbonyl (C=O) groups is 2. The zero-order valence-corrected chi connectivity index (χ0v) is 16.2. The highest BCUT2D eigenvalue weighted by Crippen LogP contribution is 2.36. The molecular weight excluding hydrogens is 386 g/mol. The Morgan fingerprint density at radius 2 is 1.80 bits per heavy atom. The zero-order valence-electron chi connectivity index (χ0n) is 14.6. The van der Waals surface area contributed by atoms with Crippen molar-refractivity contribution in [1.82, 2.24) is 0 Å². The third-order valence-electron chi connectivity index (χ3n) is 3.68. The van der Waals surface area contributed by atoms with Gasteiger partial charge in [0, 0.05) is 11.3 Å². The first kappa shape index (κ1) is 19.0. The molecule has 0 aliphatic carbocycles. The first-order chi connectivity index (χ1) is 11.8. The van der Waals surface area contributed by atoms with Crippen molar-refractivity contribution in [3.63, 3.8) is 0 Å². The van der Waals surface area contributed by atoms with Crippen molar-refractivity contribution < 1.29 is 19.1 Å². The number of hydrogen-bond donors (Lipinski definition) is 1. The molecule has 0 spiro atoms. The average Bonchev–Trinajstić information content (AvgIpc) is 2.56. The Morgan fingerprint density at radius 1 is 1.16 bits per heavy atom. The van der Waals surface area contributed by atoms with Crippen molar-refractivity contribution in [1.29, 1.82) is 0 Å². The first-order valence-electron chi connectivity index (χ1n) is 7.69. The molecule has 0 fully saturated rings. The number of hydrogen-bond acceptors (Lipinski definition) is 4. The van der Waals surface area contributed by atoms with Crippen LogP contribution in [0.15, 0.2) is 28.7 Å². The Bertz CT molecular complexity index is 794. The number of carbonyl (C=O) groups excluding carboxylic acids is 2. The molecule has 25 heavy (non-hydrogen) atoms. The molecule has 0 saturated heterocycles. The molecule has 1 amide bonds. The molecule has 0 heterocycles. The summed E-state index contributed by atoms with van der Waals surface area (Å²) in [6.45, 7) is 5.74. The van der Waals surface area contributed by atoms with Crippen molar-refractivity contribution >= 4 is 33.8 Å². The summed E-state index contributed by atoms with van der Waals surface area (Å²) in [6.07, 6.45) is 0.715. The standard InChI is InChI=1S/C19H20BrNO4/c1-11-5-12(2)18(13(3)6-11)21-17(23)10-25-19-15(20)7-14(9-22)8-16(19)24-4/h5-9H,10H2,1-4H3,(H,21,23). The van der Waals surface area contributed by atoms with Gasteiger partial charge in [-0.25, -0.2) is 0 Å². The number of ether oxygens (including phenoxy) is 2. The average molecular weight is 406 g/mol. The normalized spacial score (nSPS) is 10.3.